The highest BCUT2D eigenvalue weighted by Crippen LogP contribution is 2.28. The summed E-state index contributed by atoms with van der Waals surface area (Å²) in [7, 11) is 0. The zero-order chi connectivity index (χ0) is 13.9. The van der Waals surface area contributed by atoms with Gasteiger partial charge in [0.1, 0.15) is 0 Å². The fourth-order valence-corrected chi connectivity index (χ4v) is 3.01. The summed E-state index contributed by atoms with van der Waals surface area (Å²) in [6, 6.07) is 7.83. The van der Waals surface area contributed by atoms with E-state index in [1.807, 2.05) is 24.3 Å². The second-order valence-corrected chi connectivity index (χ2v) is 5.70. The number of aliphatic hydroxyl groups excluding tert-OH is 1. The van der Waals surface area contributed by atoms with E-state index in [4.69, 9.17) is 11.6 Å². The number of halogens is 1. The number of rotatable bonds is 2. The highest BCUT2D eigenvalue weighted by atomic mass is 35.5. The van der Waals surface area contributed by atoms with Crippen molar-refractivity contribution in [2.24, 2.45) is 0 Å². The molecule has 2 N–H and O–H groups in total. The molecule has 106 valence electrons. The SMILES string of the molecule is OC1CCCCCC1Nc1nnc(Cl)c2ccccc12. The van der Waals surface area contributed by atoms with E-state index in [1.165, 1.54) is 6.42 Å². The molecule has 1 heterocycles. The van der Waals surface area contributed by atoms with Gasteiger partial charge in [-0.2, -0.15) is 0 Å². The number of hydrogen-bond acceptors (Lipinski definition) is 4. The summed E-state index contributed by atoms with van der Waals surface area (Å²) in [5, 5.41) is 24.0. The third-order valence-electron chi connectivity index (χ3n) is 3.94. The van der Waals surface area contributed by atoms with Crippen LogP contribution in [0.25, 0.3) is 10.8 Å². The minimum Gasteiger partial charge on any atom is -0.391 e. The molecule has 4 nitrogen and oxygen atoms in total. The zero-order valence-electron chi connectivity index (χ0n) is 11.2. The maximum absolute atomic E-state index is 10.2. The fourth-order valence-electron chi connectivity index (χ4n) is 2.81. The molecule has 0 radical (unpaired) electrons. The Bertz CT molecular complexity index is 605. The van der Waals surface area contributed by atoms with E-state index in [9.17, 15) is 5.11 Å². The van der Waals surface area contributed by atoms with E-state index in [1.54, 1.807) is 0 Å². The second kappa shape index (κ2) is 5.94. The largest absolute Gasteiger partial charge is 0.391 e. The molecule has 0 bridgehead atoms. The van der Waals surface area contributed by atoms with E-state index < -0.39 is 0 Å². The van der Waals surface area contributed by atoms with E-state index >= 15 is 0 Å². The lowest BCUT2D eigenvalue weighted by molar-refractivity contribution is 0.144. The smallest absolute Gasteiger partial charge is 0.159 e. The molecule has 2 unspecified atom stereocenters. The van der Waals surface area contributed by atoms with Crippen LogP contribution in [0.4, 0.5) is 5.82 Å². The lowest BCUT2D eigenvalue weighted by atomic mass is 10.1. The van der Waals surface area contributed by atoms with E-state index in [-0.39, 0.29) is 12.1 Å². The quantitative estimate of drug-likeness (QED) is 0.833. The molecule has 0 aliphatic heterocycles. The summed E-state index contributed by atoms with van der Waals surface area (Å²) < 4.78 is 0. The molecule has 2 atom stereocenters. The highest BCUT2D eigenvalue weighted by molar-refractivity contribution is 6.34. The molecule has 1 saturated carbocycles. The van der Waals surface area contributed by atoms with Crippen molar-refractivity contribution in [2.75, 3.05) is 5.32 Å². The van der Waals surface area contributed by atoms with Crippen LogP contribution in [-0.4, -0.2) is 27.4 Å². The van der Waals surface area contributed by atoms with Crippen LogP contribution in [0.1, 0.15) is 32.1 Å². The molecule has 1 aromatic carbocycles. The third-order valence-corrected chi connectivity index (χ3v) is 4.22. The number of aromatic nitrogens is 2. The van der Waals surface area contributed by atoms with E-state index in [0.29, 0.717) is 11.0 Å². The summed E-state index contributed by atoms with van der Waals surface area (Å²) in [6.07, 6.45) is 4.88. The number of fused-ring (bicyclic) bond motifs is 1. The van der Waals surface area contributed by atoms with Crippen molar-refractivity contribution in [1.82, 2.24) is 10.2 Å². The number of benzene rings is 1. The van der Waals surface area contributed by atoms with Crippen LogP contribution in [-0.2, 0) is 0 Å². The van der Waals surface area contributed by atoms with Crippen LogP contribution in [0, 0.1) is 0 Å². The van der Waals surface area contributed by atoms with Crippen molar-refractivity contribution in [3.05, 3.63) is 29.4 Å². The van der Waals surface area contributed by atoms with Gasteiger partial charge in [-0.15, -0.1) is 10.2 Å². The van der Waals surface area contributed by atoms with Gasteiger partial charge in [0.15, 0.2) is 11.0 Å². The molecule has 0 spiro atoms. The Labute approximate surface area is 123 Å². The van der Waals surface area contributed by atoms with Crippen molar-refractivity contribution in [3.8, 4) is 0 Å². The first-order valence-electron chi connectivity index (χ1n) is 7.11. The van der Waals surface area contributed by atoms with Gasteiger partial charge in [0.25, 0.3) is 0 Å². The van der Waals surface area contributed by atoms with Crippen molar-refractivity contribution >= 4 is 28.2 Å². The molecule has 1 aliphatic carbocycles. The Kier molecular flexibility index (Phi) is 4.03. The monoisotopic (exact) mass is 291 g/mol. The topological polar surface area (TPSA) is 58.0 Å². The average molecular weight is 292 g/mol. The summed E-state index contributed by atoms with van der Waals surface area (Å²) >= 11 is 6.08. The number of hydrogen-bond donors (Lipinski definition) is 2. The first kappa shape index (κ1) is 13.6. The fraction of sp³-hybridized carbons (Fsp3) is 0.467. The predicted molar refractivity (Wildman–Crippen MR) is 81.1 cm³/mol. The molecule has 1 aromatic heterocycles. The van der Waals surface area contributed by atoms with Crippen LogP contribution in [0.5, 0.6) is 0 Å². The first-order valence-corrected chi connectivity index (χ1v) is 7.49. The van der Waals surface area contributed by atoms with Gasteiger partial charge < -0.3 is 10.4 Å². The summed E-state index contributed by atoms with van der Waals surface area (Å²) in [4.78, 5) is 0. The average Bonchev–Trinajstić information content (AvgIpc) is 2.67. The predicted octanol–water partition coefficient (Wildman–Crippen LogP) is 3.39. The zero-order valence-corrected chi connectivity index (χ0v) is 12.0. The number of nitrogens with zero attached hydrogens (tertiary/aromatic N) is 2. The van der Waals surface area contributed by atoms with Crippen LogP contribution in [0.2, 0.25) is 5.15 Å². The van der Waals surface area contributed by atoms with Crippen LogP contribution in [0.3, 0.4) is 0 Å². The van der Waals surface area contributed by atoms with Crippen molar-refractivity contribution in [3.63, 3.8) is 0 Å². The summed E-state index contributed by atoms with van der Waals surface area (Å²) in [5.41, 5.74) is 0. The van der Waals surface area contributed by atoms with Gasteiger partial charge >= 0.3 is 0 Å². The highest BCUT2D eigenvalue weighted by Gasteiger charge is 2.22. The van der Waals surface area contributed by atoms with Gasteiger partial charge in [-0.1, -0.05) is 55.1 Å². The Morgan fingerprint density at radius 3 is 2.65 bits per heavy atom. The maximum Gasteiger partial charge on any atom is 0.159 e. The Morgan fingerprint density at radius 2 is 1.80 bits per heavy atom. The Balaban J connectivity index is 1.92. The lowest BCUT2D eigenvalue weighted by Gasteiger charge is -2.22. The molecule has 2 aromatic rings. The molecule has 3 rings (SSSR count). The van der Waals surface area contributed by atoms with Crippen LogP contribution < -0.4 is 5.32 Å². The summed E-state index contributed by atoms with van der Waals surface area (Å²) in [5.74, 6) is 0.705. The standard InChI is InChI=1S/C15H18ClN3O/c16-14-10-6-4-5-7-11(10)15(19-18-14)17-12-8-2-1-3-9-13(12)20/h4-7,12-13,20H,1-3,8-9H2,(H,17,19). The molecule has 0 saturated heterocycles. The van der Waals surface area contributed by atoms with Gasteiger partial charge in [0.05, 0.1) is 12.1 Å². The summed E-state index contributed by atoms with van der Waals surface area (Å²) in [6.45, 7) is 0. The van der Waals surface area contributed by atoms with Crippen molar-refractivity contribution in [2.45, 2.75) is 44.2 Å². The molecule has 1 fully saturated rings. The van der Waals surface area contributed by atoms with Gasteiger partial charge in [-0.25, -0.2) is 0 Å². The normalized spacial score (nSPS) is 23.5. The molecule has 0 amide bonds. The lowest BCUT2D eigenvalue weighted by Crippen LogP contribution is -2.33. The minimum atomic E-state index is -0.325. The maximum atomic E-state index is 10.2. The van der Waals surface area contributed by atoms with Gasteiger partial charge in [0, 0.05) is 10.8 Å². The Hall–Kier alpha value is -1.39. The molecule has 1 aliphatic rings. The van der Waals surface area contributed by atoms with Gasteiger partial charge in [-0.05, 0) is 12.8 Å². The Morgan fingerprint density at radius 1 is 1.05 bits per heavy atom. The second-order valence-electron chi connectivity index (χ2n) is 5.34. The van der Waals surface area contributed by atoms with Crippen molar-refractivity contribution < 1.29 is 5.11 Å². The van der Waals surface area contributed by atoms with E-state index in [2.05, 4.69) is 15.5 Å². The number of nitrogens with one attached hydrogen (secondary N) is 1. The number of aliphatic hydroxyl groups is 1. The van der Waals surface area contributed by atoms with Crippen LogP contribution >= 0.6 is 11.6 Å². The van der Waals surface area contributed by atoms with Crippen molar-refractivity contribution in [1.29, 1.82) is 0 Å². The van der Waals surface area contributed by atoms with Gasteiger partial charge in [0.2, 0.25) is 0 Å². The molecular weight excluding hydrogens is 274 g/mol. The van der Waals surface area contributed by atoms with Gasteiger partial charge in [-0.3, -0.25) is 0 Å². The third kappa shape index (κ3) is 2.72. The number of anilines is 1. The van der Waals surface area contributed by atoms with Crippen LogP contribution in [0.15, 0.2) is 24.3 Å². The molecular formula is C15H18ClN3O. The first-order chi connectivity index (χ1) is 9.75. The minimum absolute atomic E-state index is 0.0383. The van der Waals surface area contributed by atoms with E-state index in [0.717, 1.165) is 36.5 Å². The molecule has 5 heteroatoms. The molecule has 20 heavy (non-hydrogen) atoms.